The van der Waals surface area contributed by atoms with E-state index in [9.17, 15) is 9.59 Å². The maximum absolute atomic E-state index is 13.1. The third-order valence-electron chi connectivity index (χ3n) is 5.65. The Morgan fingerprint density at radius 2 is 1.86 bits per heavy atom. The summed E-state index contributed by atoms with van der Waals surface area (Å²) in [5.74, 6) is 0.918. The van der Waals surface area contributed by atoms with E-state index in [0.29, 0.717) is 23.5 Å². The number of hydrogen-bond donors (Lipinski definition) is 0. The molecule has 1 fully saturated rings. The van der Waals surface area contributed by atoms with Crippen LogP contribution in [-0.4, -0.2) is 60.8 Å². The lowest BCUT2D eigenvalue weighted by Gasteiger charge is -2.26. The van der Waals surface area contributed by atoms with Crippen molar-refractivity contribution in [3.8, 4) is 0 Å². The van der Waals surface area contributed by atoms with Gasteiger partial charge in [-0.2, -0.15) is 4.98 Å². The van der Waals surface area contributed by atoms with Crippen molar-refractivity contribution in [3.05, 3.63) is 32.7 Å². The number of rotatable bonds is 6. The van der Waals surface area contributed by atoms with Gasteiger partial charge in [0, 0.05) is 51.7 Å². The van der Waals surface area contributed by atoms with Gasteiger partial charge in [0.1, 0.15) is 0 Å². The van der Waals surface area contributed by atoms with Crippen LogP contribution in [0.4, 0.5) is 0 Å². The number of aryl methyl sites for hydroxylation is 3. The van der Waals surface area contributed by atoms with Gasteiger partial charge in [-0.15, -0.1) is 0 Å². The summed E-state index contributed by atoms with van der Waals surface area (Å²) in [5.41, 5.74) is 1.39. The van der Waals surface area contributed by atoms with Crippen LogP contribution in [0.2, 0.25) is 0 Å². The molecule has 0 atom stereocenters. The average Bonchev–Trinajstić information content (AvgIpc) is 3.20. The summed E-state index contributed by atoms with van der Waals surface area (Å²) >= 11 is 0. The molecule has 1 saturated heterocycles. The fraction of sp³-hybridized carbons (Fsp3) is 0.650. The Morgan fingerprint density at radius 3 is 2.55 bits per heavy atom. The van der Waals surface area contributed by atoms with Gasteiger partial charge in [-0.25, -0.2) is 4.79 Å². The van der Waals surface area contributed by atoms with Crippen molar-refractivity contribution in [1.82, 2.24) is 28.0 Å². The van der Waals surface area contributed by atoms with Crippen LogP contribution in [0.15, 0.2) is 15.8 Å². The number of fused-ring (bicyclic) bond motifs is 3. The number of ether oxygens (including phenoxy) is 1. The zero-order chi connectivity index (χ0) is 20.7. The van der Waals surface area contributed by atoms with E-state index < -0.39 is 0 Å². The van der Waals surface area contributed by atoms with E-state index in [1.165, 1.54) is 9.13 Å². The Balaban J connectivity index is 1.72. The molecule has 0 unspecified atom stereocenters. The van der Waals surface area contributed by atoms with Gasteiger partial charge in [0.2, 0.25) is 5.78 Å². The van der Waals surface area contributed by atoms with Crippen LogP contribution in [0.5, 0.6) is 0 Å². The first-order valence-electron chi connectivity index (χ1n) is 10.4. The molecule has 0 aliphatic carbocycles. The normalized spacial score (nSPS) is 15.9. The van der Waals surface area contributed by atoms with Crippen LogP contribution in [0.1, 0.15) is 26.0 Å². The Hall–Kier alpha value is -2.39. The van der Waals surface area contributed by atoms with Crippen molar-refractivity contribution < 1.29 is 4.74 Å². The van der Waals surface area contributed by atoms with E-state index in [2.05, 4.69) is 14.5 Å². The molecule has 0 amide bonds. The second-order valence-electron chi connectivity index (χ2n) is 8.33. The van der Waals surface area contributed by atoms with Crippen LogP contribution in [0.3, 0.4) is 0 Å². The summed E-state index contributed by atoms with van der Waals surface area (Å²) in [6.07, 6.45) is 2.94. The molecule has 4 rings (SSSR count). The molecular formula is C20H30N6O3. The van der Waals surface area contributed by atoms with Gasteiger partial charge in [0.05, 0.1) is 13.2 Å². The van der Waals surface area contributed by atoms with Crippen molar-refractivity contribution in [3.63, 3.8) is 0 Å². The molecular weight excluding hydrogens is 372 g/mol. The molecule has 1 aliphatic rings. The largest absolute Gasteiger partial charge is 0.379 e. The van der Waals surface area contributed by atoms with Crippen molar-refractivity contribution in [2.45, 2.75) is 40.3 Å². The maximum Gasteiger partial charge on any atom is 0.332 e. The molecule has 0 radical (unpaired) electrons. The van der Waals surface area contributed by atoms with E-state index in [4.69, 9.17) is 4.74 Å². The molecule has 3 aromatic heterocycles. The molecule has 1 aliphatic heterocycles. The highest BCUT2D eigenvalue weighted by molar-refractivity contribution is 5.75. The van der Waals surface area contributed by atoms with Crippen LogP contribution in [0, 0.1) is 12.8 Å². The molecule has 0 aromatic carbocycles. The van der Waals surface area contributed by atoms with E-state index >= 15 is 0 Å². The Kier molecular flexibility index (Phi) is 5.35. The van der Waals surface area contributed by atoms with Crippen molar-refractivity contribution >= 4 is 16.9 Å². The molecule has 0 saturated carbocycles. The highest BCUT2D eigenvalue weighted by Crippen LogP contribution is 2.17. The van der Waals surface area contributed by atoms with Crippen molar-refractivity contribution in [2.75, 3.05) is 32.8 Å². The molecule has 0 bridgehead atoms. The first-order chi connectivity index (χ1) is 13.9. The maximum atomic E-state index is 13.1. The number of imidazole rings is 2. The Morgan fingerprint density at radius 1 is 1.14 bits per heavy atom. The molecule has 9 nitrogen and oxygen atoms in total. The third-order valence-corrected chi connectivity index (χ3v) is 5.65. The van der Waals surface area contributed by atoms with Gasteiger partial charge >= 0.3 is 5.69 Å². The zero-order valence-corrected chi connectivity index (χ0v) is 17.7. The molecule has 158 valence electrons. The summed E-state index contributed by atoms with van der Waals surface area (Å²) in [4.78, 5) is 32.9. The summed E-state index contributed by atoms with van der Waals surface area (Å²) in [5, 5.41) is 0. The topological polar surface area (TPSA) is 78.7 Å². The summed E-state index contributed by atoms with van der Waals surface area (Å²) in [7, 11) is 1.68. The second-order valence-corrected chi connectivity index (χ2v) is 8.33. The van der Waals surface area contributed by atoms with E-state index in [1.807, 2.05) is 31.4 Å². The van der Waals surface area contributed by atoms with Gasteiger partial charge in [-0.05, 0) is 19.3 Å². The zero-order valence-electron chi connectivity index (χ0n) is 17.7. The fourth-order valence-electron chi connectivity index (χ4n) is 4.13. The fourth-order valence-corrected chi connectivity index (χ4v) is 4.13. The highest BCUT2D eigenvalue weighted by atomic mass is 16.5. The first kappa shape index (κ1) is 19.9. The lowest BCUT2D eigenvalue weighted by Crippen LogP contribution is -2.40. The summed E-state index contributed by atoms with van der Waals surface area (Å²) in [6, 6.07) is 0. The molecule has 3 aromatic rings. The van der Waals surface area contributed by atoms with E-state index in [-0.39, 0.29) is 17.2 Å². The molecule has 0 spiro atoms. The van der Waals surface area contributed by atoms with Gasteiger partial charge in [-0.1, -0.05) is 13.8 Å². The smallest absolute Gasteiger partial charge is 0.332 e. The summed E-state index contributed by atoms with van der Waals surface area (Å²) in [6.45, 7) is 11.8. The third kappa shape index (κ3) is 3.53. The van der Waals surface area contributed by atoms with Crippen LogP contribution in [0.25, 0.3) is 16.9 Å². The first-order valence-corrected chi connectivity index (χ1v) is 10.4. The predicted octanol–water partition coefficient (Wildman–Crippen LogP) is 0.836. The lowest BCUT2D eigenvalue weighted by atomic mass is 10.2. The monoisotopic (exact) mass is 402 g/mol. The van der Waals surface area contributed by atoms with Crippen molar-refractivity contribution in [1.29, 1.82) is 0 Å². The average molecular weight is 402 g/mol. The minimum atomic E-state index is -0.312. The number of hydrogen-bond acceptors (Lipinski definition) is 5. The van der Waals surface area contributed by atoms with E-state index in [0.717, 1.165) is 51.5 Å². The van der Waals surface area contributed by atoms with Gasteiger partial charge in [0.25, 0.3) is 5.56 Å². The molecule has 0 N–H and O–H groups in total. The van der Waals surface area contributed by atoms with Gasteiger partial charge in [0.15, 0.2) is 11.2 Å². The molecule has 29 heavy (non-hydrogen) atoms. The second kappa shape index (κ2) is 7.79. The predicted molar refractivity (Wildman–Crippen MR) is 112 cm³/mol. The minimum absolute atomic E-state index is 0.202. The Bertz CT molecular complexity index is 1140. The lowest BCUT2D eigenvalue weighted by molar-refractivity contribution is 0.0369. The summed E-state index contributed by atoms with van der Waals surface area (Å²) < 4.78 is 12.2. The highest BCUT2D eigenvalue weighted by Gasteiger charge is 2.20. The Labute approximate surface area is 169 Å². The molecule has 9 heteroatoms. The quantitative estimate of drug-likeness (QED) is 0.610. The number of aromatic nitrogens is 5. The van der Waals surface area contributed by atoms with Crippen LogP contribution >= 0.6 is 0 Å². The number of morpholine rings is 1. The van der Waals surface area contributed by atoms with Gasteiger partial charge in [-0.3, -0.25) is 23.2 Å². The molecule has 4 heterocycles. The van der Waals surface area contributed by atoms with Gasteiger partial charge < -0.3 is 9.30 Å². The number of nitrogens with zero attached hydrogens (tertiary/aromatic N) is 6. The van der Waals surface area contributed by atoms with Crippen molar-refractivity contribution in [2.24, 2.45) is 13.0 Å². The van der Waals surface area contributed by atoms with Crippen LogP contribution < -0.4 is 11.2 Å². The van der Waals surface area contributed by atoms with E-state index in [1.54, 1.807) is 7.05 Å². The minimum Gasteiger partial charge on any atom is -0.379 e. The standard InChI is InChI=1S/C20H30N6O3/c1-14(2)12-26-18(27)16-17(22(4)20(26)28)21-19-24(15(3)13-25(16)19)7-5-6-23-8-10-29-11-9-23/h13-14H,5-12H2,1-4H3. The van der Waals surface area contributed by atoms with Crippen LogP contribution in [-0.2, 0) is 24.9 Å². The SMILES string of the molecule is Cc1cn2c3c(=O)n(CC(C)C)c(=O)n(C)c3nc2n1CCCN1CCOCC1.